The Balaban J connectivity index is 1.60. The number of rotatable bonds is 4. The van der Waals surface area contributed by atoms with Crippen LogP contribution in [0, 0.1) is 11.3 Å². The Kier molecular flexibility index (Phi) is 6.59. The Morgan fingerprint density at radius 1 is 1.18 bits per heavy atom. The molecule has 0 aromatic heterocycles. The molecule has 1 atom stereocenters. The van der Waals surface area contributed by atoms with E-state index in [4.69, 9.17) is 21.6 Å². The van der Waals surface area contributed by atoms with Gasteiger partial charge in [-0.3, -0.25) is 4.79 Å². The molecule has 1 saturated heterocycles. The van der Waals surface area contributed by atoms with Crippen LogP contribution < -0.4 is 4.74 Å². The lowest BCUT2D eigenvalue weighted by molar-refractivity contribution is 0.0755. The number of ether oxygens (including phenoxy) is 1. The van der Waals surface area contributed by atoms with Gasteiger partial charge in [0.1, 0.15) is 17.9 Å². The first kappa shape index (κ1) is 20.2. The Morgan fingerprint density at radius 2 is 1.93 bits per heavy atom. The number of likely N-dealkylation sites (tertiary alicyclic amines) is 1. The summed E-state index contributed by atoms with van der Waals surface area (Å²) in [5.41, 5.74) is 2.42. The van der Waals surface area contributed by atoms with Crippen molar-refractivity contribution in [3.05, 3.63) is 64.2 Å². The molecule has 1 aliphatic heterocycles. The van der Waals surface area contributed by atoms with Gasteiger partial charge in [0.15, 0.2) is 0 Å². The number of halogens is 1. The van der Waals surface area contributed by atoms with E-state index >= 15 is 0 Å². The van der Waals surface area contributed by atoms with Crippen LogP contribution >= 0.6 is 11.6 Å². The lowest BCUT2D eigenvalue weighted by atomic mass is 10.0. The summed E-state index contributed by atoms with van der Waals surface area (Å²) in [6.07, 6.45) is 2.58. The van der Waals surface area contributed by atoms with Crippen LogP contribution in [0.2, 0.25) is 5.02 Å². The minimum Gasteiger partial charge on any atom is -0.490 e. The molecular weight excluding hydrogens is 372 g/mol. The maximum atomic E-state index is 12.9. The van der Waals surface area contributed by atoms with E-state index in [0.717, 1.165) is 31.4 Å². The van der Waals surface area contributed by atoms with Crippen molar-refractivity contribution >= 4 is 17.5 Å². The first-order valence-electron chi connectivity index (χ1n) is 9.73. The second kappa shape index (κ2) is 9.12. The van der Waals surface area contributed by atoms with Crippen molar-refractivity contribution in [3.8, 4) is 11.8 Å². The second-order valence-electron chi connectivity index (χ2n) is 7.49. The molecule has 146 valence electrons. The van der Waals surface area contributed by atoms with Gasteiger partial charge < -0.3 is 9.64 Å². The highest BCUT2D eigenvalue weighted by atomic mass is 35.5. The number of hydrogen-bond acceptors (Lipinski definition) is 3. The highest BCUT2D eigenvalue weighted by molar-refractivity contribution is 6.31. The smallest absolute Gasteiger partial charge is 0.253 e. The van der Waals surface area contributed by atoms with Crippen LogP contribution in [0.3, 0.4) is 0 Å². The Hall–Kier alpha value is -2.51. The van der Waals surface area contributed by atoms with E-state index in [-0.39, 0.29) is 12.0 Å². The molecule has 2 aromatic carbocycles. The molecule has 0 N–H and O–H groups in total. The van der Waals surface area contributed by atoms with Crippen LogP contribution in [0.5, 0.6) is 5.75 Å². The van der Waals surface area contributed by atoms with Gasteiger partial charge in [-0.2, -0.15) is 5.26 Å². The molecule has 1 fully saturated rings. The van der Waals surface area contributed by atoms with E-state index in [9.17, 15) is 4.79 Å². The van der Waals surface area contributed by atoms with Crippen molar-refractivity contribution in [1.82, 2.24) is 4.90 Å². The van der Waals surface area contributed by atoms with E-state index < -0.39 is 0 Å². The van der Waals surface area contributed by atoms with Crippen molar-refractivity contribution in [2.75, 3.05) is 13.1 Å². The fourth-order valence-corrected chi connectivity index (χ4v) is 3.64. The molecule has 1 aliphatic rings. The van der Waals surface area contributed by atoms with Crippen molar-refractivity contribution in [2.24, 2.45) is 0 Å². The molecule has 1 amide bonds. The van der Waals surface area contributed by atoms with Crippen LogP contribution in [0.4, 0.5) is 0 Å². The van der Waals surface area contributed by atoms with Crippen LogP contribution in [-0.4, -0.2) is 30.0 Å². The summed E-state index contributed by atoms with van der Waals surface area (Å²) in [5, 5.41) is 9.37. The number of carbonyl (C=O) groups is 1. The van der Waals surface area contributed by atoms with Crippen molar-refractivity contribution in [2.45, 2.75) is 45.1 Å². The molecule has 1 heterocycles. The van der Waals surface area contributed by atoms with Gasteiger partial charge in [0.25, 0.3) is 5.91 Å². The van der Waals surface area contributed by atoms with Crippen molar-refractivity contribution in [3.63, 3.8) is 0 Å². The minimum atomic E-state index is 0.0325. The predicted molar refractivity (Wildman–Crippen MR) is 111 cm³/mol. The van der Waals surface area contributed by atoms with Gasteiger partial charge in [0.05, 0.1) is 10.6 Å². The van der Waals surface area contributed by atoms with E-state index in [1.807, 2.05) is 35.2 Å². The molecule has 0 saturated carbocycles. The first-order valence-corrected chi connectivity index (χ1v) is 10.1. The summed E-state index contributed by atoms with van der Waals surface area (Å²) < 4.78 is 6.06. The molecule has 0 aliphatic carbocycles. The molecule has 2 aromatic rings. The zero-order valence-electron chi connectivity index (χ0n) is 16.3. The van der Waals surface area contributed by atoms with Crippen LogP contribution in [0.15, 0.2) is 42.5 Å². The molecule has 5 heteroatoms. The van der Waals surface area contributed by atoms with E-state index in [0.29, 0.717) is 28.8 Å². The van der Waals surface area contributed by atoms with Gasteiger partial charge in [0.2, 0.25) is 0 Å². The fourth-order valence-electron chi connectivity index (χ4n) is 3.43. The van der Waals surface area contributed by atoms with E-state index in [1.165, 1.54) is 5.56 Å². The lowest BCUT2D eigenvalue weighted by Gasteiger charge is -2.21. The maximum absolute atomic E-state index is 12.9. The number of hydrogen-bond donors (Lipinski definition) is 0. The van der Waals surface area contributed by atoms with Crippen molar-refractivity contribution < 1.29 is 9.53 Å². The van der Waals surface area contributed by atoms with Gasteiger partial charge >= 0.3 is 0 Å². The van der Waals surface area contributed by atoms with Gasteiger partial charge in [-0.05, 0) is 48.6 Å². The minimum absolute atomic E-state index is 0.0325. The fraction of sp³-hybridized carbons (Fsp3) is 0.391. The monoisotopic (exact) mass is 396 g/mol. The third-order valence-electron chi connectivity index (χ3n) is 5.15. The topological polar surface area (TPSA) is 53.3 Å². The number of benzene rings is 2. The predicted octanol–water partition coefficient (Wildman–Crippen LogP) is 5.41. The Labute approximate surface area is 171 Å². The largest absolute Gasteiger partial charge is 0.490 e. The lowest BCUT2D eigenvalue weighted by Crippen LogP contribution is -2.32. The third kappa shape index (κ3) is 4.85. The molecule has 28 heavy (non-hydrogen) atoms. The normalized spacial score (nSPS) is 17.1. The summed E-state index contributed by atoms with van der Waals surface area (Å²) in [6, 6.07) is 15.1. The molecule has 3 rings (SSSR count). The number of nitrogens with zero attached hydrogens (tertiary/aromatic N) is 2. The summed E-state index contributed by atoms with van der Waals surface area (Å²) in [7, 11) is 0. The molecule has 0 spiro atoms. The molecule has 0 radical (unpaired) electrons. The number of carbonyl (C=O) groups excluding carboxylic acids is 1. The molecule has 4 nitrogen and oxygen atoms in total. The summed E-state index contributed by atoms with van der Waals surface area (Å²) in [4.78, 5) is 14.8. The van der Waals surface area contributed by atoms with Gasteiger partial charge in [-0.15, -0.1) is 0 Å². The van der Waals surface area contributed by atoms with E-state index in [2.05, 4.69) is 13.8 Å². The van der Waals surface area contributed by atoms with Gasteiger partial charge in [-0.25, -0.2) is 0 Å². The Morgan fingerprint density at radius 3 is 2.57 bits per heavy atom. The Bertz CT molecular complexity index is 871. The summed E-state index contributed by atoms with van der Waals surface area (Å²) in [6.45, 7) is 5.69. The highest BCUT2D eigenvalue weighted by Gasteiger charge is 2.23. The first-order chi connectivity index (χ1) is 13.5. The van der Waals surface area contributed by atoms with Crippen LogP contribution in [0.25, 0.3) is 0 Å². The standard InChI is InChI=1S/C23H25ClN2O2/c1-16(2)17-5-7-18(8-6-17)23(27)26-12-3-4-20(11-13-26)28-21-10-9-19(15-25)22(24)14-21/h5-10,14,16,20H,3-4,11-13H2,1-2H3. The zero-order chi connectivity index (χ0) is 20.1. The molecular formula is C23H25ClN2O2. The highest BCUT2D eigenvalue weighted by Crippen LogP contribution is 2.25. The average Bonchev–Trinajstić information content (AvgIpc) is 2.93. The van der Waals surface area contributed by atoms with Crippen LogP contribution in [-0.2, 0) is 0 Å². The van der Waals surface area contributed by atoms with Crippen LogP contribution in [0.1, 0.15) is 60.5 Å². The molecule has 1 unspecified atom stereocenters. The quantitative estimate of drug-likeness (QED) is 0.694. The summed E-state index contributed by atoms with van der Waals surface area (Å²) >= 11 is 6.09. The zero-order valence-corrected chi connectivity index (χ0v) is 17.1. The third-order valence-corrected chi connectivity index (χ3v) is 5.46. The molecule has 0 bridgehead atoms. The van der Waals surface area contributed by atoms with Gasteiger partial charge in [0, 0.05) is 31.1 Å². The van der Waals surface area contributed by atoms with Crippen molar-refractivity contribution in [1.29, 1.82) is 5.26 Å². The summed E-state index contributed by atoms with van der Waals surface area (Å²) in [5.74, 6) is 1.20. The van der Waals surface area contributed by atoms with E-state index in [1.54, 1.807) is 18.2 Å². The SMILES string of the molecule is CC(C)c1ccc(C(=O)N2CCCC(Oc3ccc(C#N)c(Cl)c3)CC2)cc1. The second-order valence-corrected chi connectivity index (χ2v) is 7.90. The maximum Gasteiger partial charge on any atom is 0.253 e. The number of amides is 1. The number of nitriles is 1. The average molecular weight is 397 g/mol. The van der Waals surface area contributed by atoms with Gasteiger partial charge in [-0.1, -0.05) is 37.6 Å².